The summed E-state index contributed by atoms with van der Waals surface area (Å²) in [6, 6.07) is 0.0246. The third-order valence-corrected chi connectivity index (χ3v) is 6.58. The molecule has 25 heavy (non-hydrogen) atoms. The molecule has 0 aliphatic carbocycles. The standard InChI is InChI=1S/C17H28N4O3S/c1-16(2)8-11(9-17(3,4)20-16)18-15(22)14-12-10-25(23,24)7-6-13(12)21(5)19-14/h11,20H,6-10H2,1-5H3,(H,18,22). The summed E-state index contributed by atoms with van der Waals surface area (Å²) in [5, 5.41) is 11.0. The average Bonchev–Trinajstić information content (AvgIpc) is 2.70. The Hall–Kier alpha value is -1.41. The van der Waals surface area contributed by atoms with Gasteiger partial charge in [-0.2, -0.15) is 5.10 Å². The molecule has 0 saturated carbocycles. The lowest BCUT2D eigenvalue weighted by Gasteiger charge is -2.46. The normalized spacial score (nSPS) is 24.5. The van der Waals surface area contributed by atoms with E-state index < -0.39 is 9.84 Å². The van der Waals surface area contributed by atoms with Gasteiger partial charge in [0.25, 0.3) is 5.91 Å². The Bertz CT molecular complexity index is 792. The van der Waals surface area contributed by atoms with E-state index in [9.17, 15) is 13.2 Å². The van der Waals surface area contributed by atoms with Crippen LogP contribution in [-0.4, -0.2) is 47.0 Å². The summed E-state index contributed by atoms with van der Waals surface area (Å²) in [4.78, 5) is 12.8. The van der Waals surface area contributed by atoms with Crippen LogP contribution in [0.3, 0.4) is 0 Å². The van der Waals surface area contributed by atoms with Crippen molar-refractivity contribution in [3.8, 4) is 0 Å². The fraction of sp³-hybridized carbons (Fsp3) is 0.765. The van der Waals surface area contributed by atoms with Crippen LogP contribution in [0.15, 0.2) is 0 Å². The molecule has 2 aliphatic heterocycles. The molecule has 0 aromatic carbocycles. The summed E-state index contributed by atoms with van der Waals surface area (Å²) in [6.45, 7) is 8.51. The molecule has 140 valence electrons. The summed E-state index contributed by atoms with van der Waals surface area (Å²) < 4.78 is 25.6. The van der Waals surface area contributed by atoms with Gasteiger partial charge in [-0.25, -0.2) is 8.42 Å². The van der Waals surface area contributed by atoms with Crippen molar-refractivity contribution in [1.82, 2.24) is 20.4 Å². The Morgan fingerprint density at radius 1 is 1.24 bits per heavy atom. The van der Waals surface area contributed by atoms with Crippen LogP contribution in [0.25, 0.3) is 0 Å². The molecule has 0 atom stereocenters. The number of fused-ring (bicyclic) bond motifs is 1. The lowest BCUT2D eigenvalue weighted by Crippen LogP contribution is -2.62. The number of nitrogens with one attached hydrogen (secondary N) is 2. The van der Waals surface area contributed by atoms with E-state index in [1.807, 2.05) is 0 Å². The minimum Gasteiger partial charge on any atom is -0.348 e. The van der Waals surface area contributed by atoms with Gasteiger partial charge < -0.3 is 10.6 Å². The van der Waals surface area contributed by atoms with Crippen LogP contribution in [0.4, 0.5) is 0 Å². The van der Waals surface area contributed by atoms with Crippen LogP contribution in [-0.2, 0) is 29.1 Å². The molecule has 7 nitrogen and oxygen atoms in total. The number of sulfone groups is 1. The van der Waals surface area contributed by atoms with Crippen molar-refractivity contribution in [2.45, 2.75) is 69.8 Å². The van der Waals surface area contributed by atoms with Gasteiger partial charge in [-0.05, 0) is 40.5 Å². The Labute approximate surface area is 149 Å². The fourth-order valence-electron chi connectivity index (χ4n) is 4.47. The smallest absolute Gasteiger partial charge is 0.272 e. The maximum absolute atomic E-state index is 12.8. The van der Waals surface area contributed by atoms with Crippen LogP contribution in [0.1, 0.15) is 62.3 Å². The van der Waals surface area contributed by atoms with Gasteiger partial charge >= 0.3 is 0 Å². The number of amides is 1. The molecular formula is C17H28N4O3S. The molecular weight excluding hydrogens is 340 g/mol. The van der Waals surface area contributed by atoms with Crippen LogP contribution in [0, 0.1) is 0 Å². The van der Waals surface area contributed by atoms with Gasteiger partial charge in [-0.3, -0.25) is 9.48 Å². The predicted octanol–water partition coefficient (Wildman–Crippen LogP) is 0.930. The maximum atomic E-state index is 12.8. The average molecular weight is 369 g/mol. The highest BCUT2D eigenvalue weighted by atomic mass is 32.2. The molecule has 3 heterocycles. The number of nitrogens with zero attached hydrogens (tertiary/aromatic N) is 2. The van der Waals surface area contributed by atoms with Crippen LogP contribution in [0.2, 0.25) is 0 Å². The number of rotatable bonds is 2. The third-order valence-electron chi connectivity index (χ3n) is 5.03. The highest BCUT2D eigenvalue weighted by Gasteiger charge is 2.39. The first kappa shape index (κ1) is 18.4. The molecule has 1 aromatic rings. The van der Waals surface area contributed by atoms with Gasteiger partial charge in [0.1, 0.15) is 0 Å². The molecule has 1 fully saturated rings. The summed E-state index contributed by atoms with van der Waals surface area (Å²) >= 11 is 0. The molecule has 8 heteroatoms. The van der Waals surface area contributed by atoms with Gasteiger partial charge in [0, 0.05) is 41.8 Å². The van der Waals surface area contributed by atoms with E-state index in [1.165, 1.54) is 0 Å². The molecule has 0 bridgehead atoms. The predicted molar refractivity (Wildman–Crippen MR) is 96.2 cm³/mol. The summed E-state index contributed by atoms with van der Waals surface area (Å²) in [7, 11) is -1.38. The van der Waals surface area contributed by atoms with Crippen molar-refractivity contribution < 1.29 is 13.2 Å². The van der Waals surface area contributed by atoms with Gasteiger partial charge in [0.2, 0.25) is 0 Å². The molecule has 3 rings (SSSR count). The molecule has 2 N–H and O–H groups in total. The van der Waals surface area contributed by atoms with Crippen molar-refractivity contribution in [1.29, 1.82) is 0 Å². The third kappa shape index (κ3) is 3.89. The first-order valence-corrected chi connectivity index (χ1v) is 10.5. The van der Waals surface area contributed by atoms with Gasteiger partial charge in [0.15, 0.2) is 15.5 Å². The number of carbonyl (C=O) groups excluding carboxylic acids is 1. The first-order valence-electron chi connectivity index (χ1n) is 8.73. The van der Waals surface area contributed by atoms with Crippen LogP contribution >= 0.6 is 0 Å². The zero-order chi connectivity index (χ0) is 18.6. The lowest BCUT2D eigenvalue weighted by molar-refractivity contribution is 0.0867. The number of carbonyl (C=O) groups is 1. The largest absolute Gasteiger partial charge is 0.348 e. The SMILES string of the molecule is Cn1nc(C(=O)NC2CC(C)(C)NC(C)(C)C2)c2c1CCS(=O)(=O)C2. The van der Waals surface area contributed by atoms with Crippen LogP contribution in [0.5, 0.6) is 0 Å². The summed E-state index contributed by atoms with van der Waals surface area (Å²) in [6.07, 6.45) is 2.05. The van der Waals surface area contributed by atoms with Gasteiger partial charge in [0.05, 0.1) is 11.5 Å². The molecule has 0 radical (unpaired) electrons. The molecule has 1 saturated heterocycles. The molecule has 0 spiro atoms. The van der Waals surface area contributed by atoms with Crippen molar-refractivity contribution in [3.05, 3.63) is 17.0 Å². The van der Waals surface area contributed by atoms with E-state index in [4.69, 9.17) is 0 Å². The zero-order valence-corrected chi connectivity index (χ0v) is 16.5. The van der Waals surface area contributed by atoms with Crippen molar-refractivity contribution in [2.24, 2.45) is 7.05 Å². The fourth-order valence-corrected chi connectivity index (χ4v) is 5.86. The molecule has 1 amide bonds. The number of aromatic nitrogens is 2. The highest BCUT2D eigenvalue weighted by molar-refractivity contribution is 7.90. The minimum absolute atomic E-state index is 0.0246. The molecule has 2 aliphatic rings. The Morgan fingerprint density at radius 3 is 2.44 bits per heavy atom. The Morgan fingerprint density at radius 2 is 1.84 bits per heavy atom. The second-order valence-corrected chi connectivity index (χ2v) is 10.9. The summed E-state index contributed by atoms with van der Waals surface area (Å²) in [5.41, 5.74) is 1.53. The van der Waals surface area contributed by atoms with E-state index in [0.717, 1.165) is 18.5 Å². The monoisotopic (exact) mass is 368 g/mol. The van der Waals surface area contributed by atoms with Crippen molar-refractivity contribution in [3.63, 3.8) is 0 Å². The second-order valence-electron chi connectivity index (χ2n) is 8.71. The number of piperidine rings is 1. The Kier molecular flexibility index (Phi) is 4.27. The minimum atomic E-state index is -3.15. The van der Waals surface area contributed by atoms with Crippen molar-refractivity contribution in [2.75, 3.05) is 5.75 Å². The van der Waals surface area contributed by atoms with Gasteiger partial charge in [-0.15, -0.1) is 0 Å². The summed E-state index contributed by atoms with van der Waals surface area (Å²) in [5.74, 6) is -0.244. The number of aryl methyl sites for hydroxylation is 1. The number of hydrogen-bond acceptors (Lipinski definition) is 5. The van der Waals surface area contributed by atoms with Gasteiger partial charge in [-0.1, -0.05) is 0 Å². The zero-order valence-electron chi connectivity index (χ0n) is 15.6. The van der Waals surface area contributed by atoms with E-state index in [-0.39, 0.29) is 40.2 Å². The van der Waals surface area contributed by atoms with E-state index in [1.54, 1.807) is 11.7 Å². The molecule has 1 aromatic heterocycles. The number of hydrogen-bond donors (Lipinski definition) is 2. The highest BCUT2D eigenvalue weighted by Crippen LogP contribution is 2.29. The second kappa shape index (κ2) is 5.81. The van der Waals surface area contributed by atoms with Crippen LogP contribution < -0.4 is 10.6 Å². The lowest BCUT2D eigenvalue weighted by atomic mass is 9.79. The maximum Gasteiger partial charge on any atom is 0.272 e. The van der Waals surface area contributed by atoms with E-state index in [0.29, 0.717) is 12.0 Å². The molecule has 0 unspecified atom stereocenters. The van der Waals surface area contributed by atoms with Crippen molar-refractivity contribution >= 4 is 15.7 Å². The first-order chi connectivity index (χ1) is 11.4. The topological polar surface area (TPSA) is 93.1 Å². The quantitative estimate of drug-likeness (QED) is 0.810. The van der Waals surface area contributed by atoms with E-state index >= 15 is 0 Å². The Balaban J connectivity index is 1.83. The van der Waals surface area contributed by atoms with E-state index in [2.05, 4.69) is 43.4 Å².